The molecule has 192 valence electrons. The van der Waals surface area contributed by atoms with Crippen LogP contribution in [0.2, 0.25) is 0 Å². The molecule has 3 rings (SSSR count). The number of alkyl carbamates (subject to hydrolysis) is 1. The molecule has 0 saturated carbocycles. The number of halogens is 1. The molecule has 0 spiro atoms. The maximum Gasteiger partial charge on any atom is 0.407 e. The molecular weight excluding hydrogens is 475 g/mol. The summed E-state index contributed by atoms with van der Waals surface area (Å²) in [4.78, 5) is 36.2. The summed E-state index contributed by atoms with van der Waals surface area (Å²) in [6.45, 7) is 9.00. The smallest absolute Gasteiger partial charge is 0.407 e. The third-order valence-corrected chi connectivity index (χ3v) is 5.21. The Bertz CT molecular complexity index is 1340. The van der Waals surface area contributed by atoms with E-state index in [-0.39, 0.29) is 13.0 Å². The van der Waals surface area contributed by atoms with Crippen LogP contribution in [0.4, 0.5) is 14.9 Å². The maximum atomic E-state index is 14.4. The van der Waals surface area contributed by atoms with Crippen LogP contribution in [0, 0.1) is 5.82 Å². The van der Waals surface area contributed by atoms with E-state index in [0.717, 1.165) is 5.56 Å². The SMILES string of the molecule is C=Cc1ccc(NC(=O)c2cccc(-c3cc(F)cc(CNC(=O)OC(C)(C)C)c3)c2)c(CC(=O)O)c1. The van der Waals surface area contributed by atoms with Crippen LogP contribution >= 0.6 is 0 Å². The van der Waals surface area contributed by atoms with E-state index in [1.54, 1.807) is 75.4 Å². The van der Waals surface area contributed by atoms with E-state index < -0.39 is 29.4 Å². The minimum atomic E-state index is -1.03. The van der Waals surface area contributed by atoms with Crippen molar-refractivity contribution in [2.45, 2.75) is 39.3 Å². The van der Waals surface area contributed by atoms with Crippen LogP contribution in [-0.2, 0) is 22.5 Å². The van der Waals surface area contributed by atoms with Crippen LogP contribution in [0.5, 0.6) is 0 Å². The molecule has 0 atom stereocenters. The molecule has 0 aliphatic carbocycles. The number of amides is 2. The topological polar surface area (TPSA) is 105 Å². The molecule has 0 aliphatic heterocycles. The van der Waals surface area contributed by atoms with Gasteiger partial charge in [-0.15, -0.1) is 0 Å². The van der Waals surface area contributed by atoms with Crippen molar-refractivity contribution in [2.24, 2.45) is 0 Å². The van der Waals surface area contributed by atoms with Gasteiger partial charge in [-0.05, 0) is 91.1 Å². The number of benzene rings is 3. The van der Waals surface area contributed by atoms with Gasteiger partial charge < -0.3 is 20.5 Å². The number of carbonyl (C=O) groups is 3. The number of nitrogens with one attached hydrogen (secondary N) is 2. The molecule has 0 radical (unpaired) electrons. The molecule has 0 bridgehead atoms. The van der Waals surface area contributed by atoms with Gasteiger partial charge in [-0.1, -0.05) is 30.9 Å². The molecule has 3 aromatic carbocycles. The average molecular weight is 505 g/mol. The lowest BCUT2D eigenvalue weighted by Crippen LogP contribution is -2.32. The van der Waals surface area contributed by atoms with Gasteiger partial charge in [-0.2, -0.15) is 0 Å². The van der Waals surface area contributed by atoms with Gasteiger partial charge in [0, 0.05) is 17.8 Å². The number of carbonyl (C=O) groups excluding carboxylic acids is 2. The third kappa shape index (κ3) is 8.03. The number of anilines is 1. The van der Waals surface area contributed by atoms with Gasteiger partial charge in [-0.25, -0.2) is 9.18 Å². The van der Waals surface area contributed by atoms with Crippen LogP contribution in [0.1, 0.15) is 47.8 Å². The zero-order chi connectivity index (χ0) is 27.2. The minimum Gasteiger partial charge on any atom is -0.481 e. The largest absolute Gasteiger partial charge is 0.481 e. The maximum absolute atomic E-state index is 14.4. The first-order valence-electron chi connectivity index (χ1n) is 11.6. The fraction of sp³-hybridized carbons (Fsp3) is 0.207. The molecule has 0 fully saturated rings. The van der Waals surface area contributed by atoms with Gasteiger partial charge >= 0.3 is 12.1 Å². The first kappa shape index (κ1) is 27.1. The summed E-state index contributed by atoms with van der Waals surface area (Å²) in [5, 5.41) is 14.6. The van der Waals surface area contributed by atoms with Crippen molar-refractivity contribution in [1.82, 2.24) is 5.32 Å². The summed E-state index contributed by atoms with van der Waals surface area (Å²) < 4.78 is 19.6. The van der Waals surface area contributed by atoms with Crippen LogP contribution in [0.15, 0.2) is 67.2 Å². The second-order valence-corrected chi connectivity index (χ2v) is 9.43. The van der Waals surface area contributed by atoms with Crippen LogP contribution in [-0.4, -0.2) is 28.7 Å². The summed E-state index contributed by atoms with van der Waals surface area (Å²) in [5.41, 5.74) is 2.86. The number of carboxylic acid groups (broad SMARTS) is 1. The summed E-state index contributed by atoms with van der Waals surface area (Å²) in [5.74, 6) is -1.96. The molecule has 2 amide bonds. The lowest BCUT2D eigenvalue weighted by molar-refractivity contribution is -0.136. The Morgan fingerprint density at radius 1 is 1.03 bits per heavy atom. The van der Waals surface area contributed by atoms with Gasteiger partial charge in [0.25, 0.3) is 5.91 Å². The summed E-state index contributed by atoms with van der Waals surface area (Å²) in [7, 11) is 0. The van der Waals surface area contributed by atoms with Gasteiger partial charge in [0.05, 0.1) is 6.42 Å². The number of aliphatic carboxylic acids is 1. The first-order valence-corrected chi connectivity index (χ1v) is 11.6. The van der Waals surface area contributed by atoms with Crippen molar-refractivity contribution >= 4 is 29.7 Å². The van der Waals surface area contributed by atoms with E-state index in [1.165, 1.54) is 12.1 Å². The molecule has 0 aliphatic rings. The molecule has 0 saturated heterocycles. The molecule has 8 heteroatoms. The van der Waals surface area contributed by atoms with Gasteiger partial charge in [-0.3, -0.25) is 9.59 Å². The Labute approximate surface area is 215 Å². The first-order chi connectivity index (χ1) is 17.4. The Hall–Kier alpha value is -4.46. The molecule has 37 heavy (non-hydrogen) atoms. The number of rotatable bonds is 8. The van der Waals surface area contributed by atoms with E-state index in [0.29, 0.717) is 33.5 Å². The van der Waals surface area contributed by atoms with Crippen molar-refractivity contribution in [3.8, 4) is 11.1 Å². The molecule has 3 N–H and O–H groups in total. The van der Waals surface area contributed by atoms with Crippen molar-refractivity contribution in [3.05, 3.63) is 95.3 Å². The van der Waals surface area contributed by atoms with E-state index in [1.807, 2.05) is 0 Å². The van der Waals surface area contributed by atoms with Crippen LogP contribution in [0.3, 0.4) is 0 Å². The van der Waals surface area contributed by atoms with Gasteiger partial charge in [0.2, 0.25) is 0 Å². The third-order valence-electron chi connectivity index (χ3n) is 5.21. The highest BCUT2D eigenvalue weighted by atomic mass is 19.1. The summed E-state index contributed by atoms with van der Waals surface area (Å²) >= 11 is 0. The summed E-state index contributed by atoms with van der Waals surface area (Å²) in [6.07, 6.45) is 0.720. The fourth-order valence-corrected chi connectivity index (χ4v) is 3.61. The van der Waals surface area contributed by atoms with E-state index in [2.05, 4.69) is 17.2 Å². The number of carboxylic acids is 1. The zero-order valence-electron chi connectivity index (χ0n) is 20.9. The lowest BCUT2D eigenvalue weighted by Gasteiger charge is -2.19. The number of hydrogen-bond donors (Lipinski definition) is 3. The zero-order valence-corrected chi connectivity index (χ0v) is 20.9. The second kappa shape index (κ2) is 11.5. The van der Waals surface area contributed by atoms with Crippen LogP contribution < -0.4 is 10.6 Å². The van der Waals surface area contributed by atoms with Crippen molar-refractivity contribution < 1.29 is 28.6 Å². The molecule has 0 unspecified atom stereocenters. The standard InChI is InChI=1S/C29H29FN2O5/c1-5-18-9-10-25(23(11-18)16-26(33)34)32-27(35)21-8-6-7-20(14-21)22-12-19(13-24(30)15-22)17-31-28(36)37-29(2,3)4/h5-15H,1,16-17H2,2-4H3,(H,31,36)(H,32,35)(H,33,34). The molecule has 0 heterocycles. The average Bonchev–Trinajstić information content (AvgIpc) is 2.82. The lowest BCUT2D eigenvalue weighted by atomic mass is 10.00. The highest BCUT2D eigenvalue weighted by Crippen LogP contribution is 2.25. The monoisotopic (exact) mass is 504 g/mol. The van der Waals surface area contributed by atoms with E-state index >= 15 is 0 Å². The predicted molar refractivity (Wildman–Crippen MR) is 141 cm³/mol. The Balaban J connectivity index is 1.81. The second-order valence-electron chi connectivity index (χ2n) is 9.43. The molecule has 0 aromatic heterocycles. The van der Waals surface area contributed by atoms with Crippen molar-refractivity contribution in [3.63, 3.8) is 0 Å². The molecule has 3 aromatic rings. The quantitative estimate of drug-likeness (QED) is 0.347. The molecule has 7 nitrogen and oxygen atoms in total. The van der Waals surface area contributed by atoms with Crippen molar-refractivity contribution in [1.29, 1.82) is 0 Å². The Morgan fingerprint density at radius 3 is 2.46 bits per heavy atom. The predicted octanol–water partition coefficient (Wildman–Crippen LogP) is 6.04. The minimum absolute atomic E-state index is 0.0624. The van der Waals surface area contributed by atoms with Gasteiger partial charge in [0.15, 0.2) is 0 Å². The Kier molecular flexibility index (Phi) is 8.45. The van der Waals surface area contributed by atoms with E-state index in [9.17, 15) is 23.9 Å². The molecular formula is C29H29FN2O5. The summed E-state index contributed by atoms with van der Waals surface area (Å²) in [6, 6.07) is 16.0. The highest BCUT2D eigenvalue weighted by molar-refractivity contribution is 6.05. The fourth-order valence-electron chi connectivity index (χ4n) is 3.61. The number of hydrogen-bond acceptors (Lipinski definition) is 4. The normalized spacial score (nSPS) is 10.9. The van der Waals surface area contributed by atoms with E-state index in [4.69, 9.17) is 4.74 Å². The van der Waals surface area contributed by atoms with Crippen LogP contribution in [0.25, 0.3) is 17.2 Å². The number of ether oxygens (including phenoxy) is 1. The van der Waals surface area contributed by atoms with Gasteiger partial charge in [0.1, 0.15) is 11.4 Å². The highest BCUT2D eigenvalue weighted by Gasteiger charge is 2.16. The Morgan fingerprint density at radius 2 is 1.78 bits per heavy atom. The van der Waals surface area contributed by atoms with Crippen molar-refractivity contribution in [2.75, 3.05) is 5.32 Å².